The van der Waals surface area contributed by atoms with E-state index in [4.69, 9.17) is 0 Å². The van der Waals surface area contributed by atoms with Gasteiger partial charge in [-0.05, 0) is 36.1 Å². The second-order valence-corrected chi connectivity index (χ2v) is 8.31. The maximum Gasteiger partial charge on any atom is 0.231 e. The fraction of sp³-hybridized carbons (Fsp3) is 0.333. The lowest BCUT2D eigenvalue weighted by Gasteiger charge is -2.38. The Labute approximate surface area is 170 Å². The van der Waals surface area contributed by atoms with E-state index >= 15 is 0 Å². The number of pyridine rings is 1. The van der Waals surface area contributed by atoms with E-state index < -0.39 is 5.41 Å². The molecule has 5 heteroatoms. The molecule has 0 radical (unpaired) electrons. The van der Waals surface area contributed by atoms with Crippen molar-refractivity contribution in [1.82, 2.24) is 15.2 Å². The third kappa shape index (κ3) is 3.52. The highest BCUT2D eigenvalue weighted by molar-refractivity contribution is 5.93. The van der Waals surface area contributed by atoms with Crippen molar-refractivity contribution in [2.75, 3.05) is 19.6 Å². The number of carbonyl (C=O) groups is 1. The van der Waals surface area contributed by atoms with Gasteiger partial charge in [0.1, 0.15) is 0 Å². The number of carbonyl (C=O) groups excluding carboxylic acids is 1. The molecule has 0 bridgehead atoms. The largest absolute Gasteiger partial charge is 0.390 e. The van der Waals surface area contributed by atoms with Crippen LogP contribution in [0.5, 0.6) is 0 Å². The van der Waals surface area contributed by atoms with Crippen LogP contribution in [0, 0.1) is 0 Å². The summed E-state index contributed by atoms with van der Waals surface area (Å²) >= 11 is 0. The van der Waals surface area contributed by atoms with Crippen molar-refractivity contribution < 1.29 is 9.90 Å². The van der Waals surface area contributed by atoms with Gasteiger partial charge in [-0.3, -0.25) is 14.7 Å². The van der Waals surface area contributed by atoms with Gasteiger partial charge < -0.3 is 10.4 Å². The van der Waals surface area contributed by atoms with Crippen molar-refractivity contribution in [2.24, 2.45) is 0 Å². The van der Waals surface area contributed by atoms with Crippen LogP contribution in [0.15, 0.2) is 66.9 Å². The highest BCUT2D eigenvalue weighted by Crippen LogP contribution is 2.49. The molecular formula is C24H25N3O2. The van der Waals surface area contributed by atoms with Crippen LogP contribution in [-0.2, 0) is 10.2 Å². The molecule has 3 aromatic rings. The molecule has 5 nitrogen and oxygen atoms in total. The quantitative estimate of drug-likeness (QED) is 0.683. The van der Waals surface area contributed by atoms with Gasteiger partial charge >= 0.3 is 0 Å². The topological polar surface area (TPSA) is 65.5 Å². The summed E-state index contributed by atoms with van der Waals surface area (Å²) in [6.45, 7) is 2.04. The monoisotopic (exact) mass is 387 g/mol. The number of aliphatic hydroxyl groups is 1. The summed E-state index contributed by atoms with van der Waals surface area (Å²) in [5.74, 6) is 0.0736. The Morgan fingerprint density at radius 3 is 2.59 bits per heavy atom. The Hall–Kier alpha value is -2.76. The number of para-hydroxylation sites is 1. The standard InChI is InChI=1S/C24H25N3O2/c28-20-14-27(15-20)16-22(17-6-2-1-3-7-17)26-23(29)24(10-11-24)19-12-18-8-4-5-9-21(18)25-13-19/h1-9,12-13,20,22,28H,10-11,14-16H2,(H,26,29). The molecule has 1 unspecified atom stereocenters. The third-order valence-electron chi connectivity index (χ3n) is 6.21. The zero-order valence-corrected chi connectivity index (χ0v) is 16.3. The van der Waals surface area contributed by atoms with Crippen LogP contribution in [0.2, 0.25) is 0 Å². The Kier molecular flexibility index (Phi) is 4.57. The number of benzene rings is 2. The molecule has 1 atom stereocenters. The van der Waals surface area contributed by atoms with Crippen LogP contribution in [0.25, 0.3) is 10.9 Å². The lowest BCUT2D eigenvalue weighted by molar-refractivity contribution is -0.124. The fourth-order valence-electron chi connectivity index (χ4n) is 4.27. The number of aromatic nitrogens is 1. The van der Waals surface area contributed by atoms with Gasteiger partial charge in [-0.2, -0.15) is 0 Å². The Morgan fingerprint density at radius 1 is 1.14 bits per heavy atom. The van der Waals surface area contributed by atoms with Crippen molar-refractivity contribution in [3.63, 3.8) is 0 Å². The molecule has 2 N–H and O–H groups in total. The molecular weight excluding hydrogens is 362 g/mol. The zero-order valence-electron chi connectivity index (χ0n) is 16.3. The molecule has 1 aliphatic carbocycles. The van der Waals surface area contributed by atoms with Gasteiger partial charge in [0.05, 0.1) is 23.1 Å². The Morgan fingerprint density at radius 2 is 1.86 bits per heavy atom. The summed E-state index contributed by atoms with van der Waals surface area (Å²) in [5, 5.41) is 14.0. The van der Waals surface area contributed by atoms with Crippen molar-refractivity contribution in [3.05, 3.63) is 78.0 Å². The summed E-state index contributed by atoms with van der Waals surface area (Å²) in [5.41, 5.74) is 2.57. The number of amides is 1. The first kappa shape index (κ1) is 18.3. The lowest BCUT2D eigenvalue weighted by Crippen LogP contribution is -2.54. The van der Waals surface area contributed by atoms with E-state index in [1.165, 1.54) is 0 Å². The number of hydrogen-bond acceptors (Lipinski definition) is 4. The average Bonchev–Trinajstić information content (AvgIpc) is 3.54. The molecule has 29 heavy (non-hydrogen) atoms. The number of likely N-dealkylation sites (tertiary alicyclic amines) is 1. The molecule has 2 fully saturated rings. The van der Waals surface area contributed by atoms with Gasteiger partial charge in [-0.1, -0.05) is 48.5 Å². The molecule has 1 saturated heterocycles. The van der Waals surface area contributed by atoms with Crippen molar-refractivity contribution in [1.29, 1.82) is 0 Å². The highest BCUT2D eigenvalue weighted by Gasteiger charge is 2.52. The molecule has 1 amide bonds. The zero-order chi connectivity index (χ0) is 19.8. The number of aliphatic hydroxyl groups excluding tert-OH is 1. The van der Waals surface area contributed by atoms with E-state index in [0.29, 0.717) is 19.6 Å². The maximum absolute atomic E-state index is 13.4. The molecule has 2 heterocycles. The SMILES string of the molecule is O=C(NC(CN1CC(O)C1)c1ccccc1)C1(c2cnc3ccccc3c2)CC1. The molecule has 5 rings (SSSR count). The number of nitrogens with one attached hydrogen (secondary N) is 1. The Balaban J connectivity index is 1.38. The second-order valence-electron chi connectivity index (χ2n) is 8.31. The maximum atomic E-state index is 13.4. The second kappa shape index (κ2) is 7.25. The fourth-order valence-corrected chi connectivity index (χ4v) is 4.27. The van der Waals surface area contributed by atoms with Crippen molar-refractivity contribution in [2.45, 2.75) is 30.4 Å². The van der Waals surface area contributed by atoms with E-state index in [-0.39, 0.29) is 18.1 Å². The van der Waals surface area contributed by atoms with Crippen LogP contribution >= 0.6 is 0 Å². The number of β-amino-alcohol motifs (C(OH)–C–C–N with tert-alkyl or cyclic N) is 1. The summed E-state index contributed by atoms with van der Waals surface area (Å²) < 4.78 is 0. The summed E-state index contributed by atoms with van der Waals surface area (Å²) in [6.07, 6.45) is 3.31. The predicted molar refractivity (Wildman–Crippen MR) is 112 cm³/mol. The molecule has 2 aliphatic rings. The molecule has 1 saturated carbocycles. The third-order valence-corrected chi connectivity index (χ3v) is 6.21. The summed E-state index contributed by atoms with van der Waals surface area (Å²) in [7, 11) is 0. The number of fused-ring (bicyclic) bond motifs is 1. The minimum atomic E-state index is -0.474. The number of nitrogens with zero attached hydrogens (tertiary/aromatic N) is 2. The minimum absolute atomic E-state index is 0.0736. The van der Waals surface area contributed by atoms with E-state index in [1.54, 1.807) is 0 Å². The first-order valence-electron chi connectivity index (χ1n) is 10.3. The van der Waals surface area contributed by atoms with Gasteiger partial charge in [-0.15, -0.1) is 0 Å². The molecule has 148 valence electrons. The summed E-state index contributed by atoms with van der Waals surface area (Å²) in [6, 6.07) is 20.1. The van der Waals surface area contributed by atoms with Crippen LogP contribution < -0.4 is 5.32 Å². The molecule has 2 aromatic carbocycles. The van der Waals surface area contributed by atoms with E-state index in [9.17, 15) is 9.90 Å². The van der Waals surface area contributed by atoms with Crippen molar-refractivity contribution in [3.8, 4) is 0 Å². The smallest absolute Gasteiger partial charge is 0.231 e. The highest BCUT2D eigenvalue weighted by atomic mass is 16.3. The summed E-state index contributed by atoms with van der Waals surface area (Å²) in [4.78, 5) is 20.1. The van der Waals surface area contributed by atoms with Crippen molar-refractivity contribution >= 4 is 16.8 Å². The van der Waals surface area contributed by atoms with E-state index in [2.05, 4.69) is 33.4 Å². The van der Waals surface area contributed by atoms with Gasteiger partial charge in [0.25, 0.3) is 0 Å². The van der Waals surface area contributed by atoms with Gasteiger partial charge in [0.2, 0.25) is 5.91 Å². The first-order chi connectivity index (χ1) is 14.1. The van der Waals surface area contributed by atoms with Gasteiger partial charge in [0, 0.05) is 31.2 Å². The normalized spacial score (nSPS) is 19.5. The van der Waals surface area contributed by atoms with Crippen LogP contribution in [0.3, 0.4) is 0 Å². The minimum Gasteiger partial charge on any atom is -0.390 e. The van der Waals surface area contributed by atoms with Crippen LogP contribution in [-0.4, -0.2) is 46.6 Å². The molecule has 0 spiro atoms. The molecule has 1 aromatic heterocycles. The number of hydrogen-bond donors (Lipinski definition) is 2. The molecule has 1 aliphatic heterocycles. The van der Waals surface area contributed by atoms with Crippen LogP contribution in [0.4, 0.5) is 0 Å². The van der Waals surface area contributed by atoms with Gasteiger partial charge in [-0.25, -0.2) is 0 Å². The van der Waals surface area contributed by atoms with E-state index in [0.717, 1.165) is 34.9 Å². The van der Waals surface area contributed by atoms with Gasteiger partial charge in [0.15, 0.2) is 0 Å². The number of rotatable bonds is 6. The first-order valence-corrected chi connectivity index (χ1v) is 10.3. The Bertz CT molecular complexity index is 1030. The van der Waals surface area contributed by atoms with E-state index in [1.807, 2.05) is 48.7 Å². The predicted octanol–water partition coefficient (Wildman–Crippen LogP) is 2.80. The lowest BCUT2D eigenvalue weighted by atomic mass is 9.94. The van der Waals surface area contributed by atoms with Crippen LogP contribution in [0.1, 0.15) is 30.0 Å². The average molecular weight is 387 g/mol.